The summed E-state index contributed by atoms with van der Waals surface area (Å²) in [5.74, 6) is -1.36. The number of phosphoric acid groups is 2. The Morgan fingerprint density at radius 2 is 0.484 bits per heavy atom. The zero-order chi connectivity index (χ0) is 69.8. The maximum absolute atomic E-state index is 13.1. The summed E-state index contributed by atoms with van der Waals surface area (Å²) < 4.78 is 68.6. The van der Waals surface area contributed by atoms with E-state index in [1.807, 2.05) is 0 Å². The van der Waals surface area contributed by atoms with Crippen LogP contribution in [0, 0.1) is 5.92 Å². The van der Waals surface area contributed by atoms with Crippen LogP contribution in [0.15, 0.2) is 0 Å². The fraction of sp³-hybridized carbons (Fsp3) is 0.947. The summed E-state index contributed by atoms with van der Waals surface area (Å²) >= 11 is 0. The first-order chi connectivity index (χ1) is 46.0. The van der Waals surface area contributed by atoms with E-state index in [-0.39, 0.29) is 25.7 Å². The molecule has 0 radical (unpaired) electrons. The van der Waals surface area contributed by atoms with Gasteiger partial charge in [-0.1, -0.05) is 349 Å². The number of ether oxygens (including phenoxy) is 4. The molecular weight excluding hydrogens is 1250 g/mol. The standard InChI is InChI=1S/C76H148O17P2/c1-6-9-12-15-18-21-24-26-28-30-32-35-41-46-51-56-61-75(80)92-71(66-87-74(79)60-55-50-45-40-34-31-29-27-25-22-19-16-13-10-7-2)67-90-94(82,83)88-63-70(77)64-89-95(84,85)91-68-72(65-86-73(78)59-54-49-44-39-33-23-20-17-14-11-8-3)93-76(81)62-57-52-47-42-37-36-38-43-48-53-58-69(4)5/h69-72,77H,6-68H2,1-5H3,(H,82,83)(H,84,85)/t70-,71-,72-/m1/s1. The van der Waals surface area contributed by atoms with Crippen molar-refractivity contribution in [1.29, 1.82) is 0 Å². The zero-order valence-corrected chi connectivity index (χ0v) is 63.6. The molecule has 0 fully saturated rings. The third kappa shape index (κ3) is 70.3. The van der Waals surface area contributed by atoms with Crippen molar-refractivity contribution < 1.29 is 80.2 Å². The van der Waals surface area contributed by atoms with Gasteiger partial charge < -0.3 is 33.8 Å². The van der Waals surface area contributed by atoms with Crippen molar-refractivity contribution in [3.63, 3.8) is 0 Å². The molecule has 5 atom stereocenters. The lowest BCUT2D eigenvalue weighted by Crippen LogP contribution is -2.30. The third-order valence-corrected chi connectivity index (χ3v) is 19.7. The lowest BCUT2D eigenvalue weighted by atomic mass is 10.0. The molecule has 0 bridgehead atoms. The van der Waals surface area contributed by atoms with Crippen LogP contribution < -0.4 is 0 Å². The minimum Gasteiger partial charge on any atom is -0.462 e. The fourth-order valence-electron chi connectivity index (χ4n) is 11.7. The van der Waals surface area contributed by atoms with E-state index in [2.05, 4.69) is 34.6 Å². The number of esters is 4. The highest BCUT2D eigenvalue weighted by atomic mass is 31.2. The Hall–Kier alpha value is -1.94. The van der Waals surface area contributed by atoms with Gasteiger partial charge in [0.05, 0.1) is 26.4 Å². The number of hydrogen-bond acceptors (Lipinski definition) is 15. The highest BCUT2D eigenvalue weighted by Gasteiger charge is 2.30. The number of unbranched alkanes of at least 4 members (excludes halogenated alkanes) is 48. The first-order valence-electron chi connectivity index (χ1n) is 39.6. The molecule has 0 aliphatic rings. The molecule has 95 heavy (non-hydrogen) atoms. The van der Waals surface area contributed by atoms with Crippen LogP contribution in [0.25, 0.3) is 0 Å². The predicted molar refractivity (Wildman–Crippen MR) is 386 cm³/mol. The molecule has 3 N–H and O–H groups in total. The molecule has 0 spiro atoms. The molecule has 0 heterocycles. The van der Waals surface area contributed by atoms with E-state index < -0.39 is 97.5 Å². The number of aliphatic hydroxyl groups excluding tert-OH is 1. The van der Waals surface area contributed by atoms with Crippen molar-refractivity contribution in [2.24, 2.45) is 5.92 Å². The van der Waals surface area contributed by atoms with Gasteiger partial charge in [0.1, 0.15) is 19.3 Å². The van der Waals surface area contributed by atoms with E-state index in [9.17, 15) is 43.2 Å². The maximum Gasteiger partial charge on any atom is 0.472 e. The molecule has 17 nitrogen and oxygen atoms in total. The van der Waals surface area contributed by atoms with E-state index in [1.54, 1.807) is 0 Å². The lowest BCUT2D eigenvalue weighted by Gasteiger charge is -2.21. The maximum atomic E-state index is 13.1. The summed E-state index contributed by atoms with van der Waals surface area (Å²) in [7, 11) is -9.91. The van der Waals surface area contributed by atoms with E-state index in [0.29, 0.717) is 25.7 Å². The second kappa shape index (κ2) is 69.2. The van der Waals surface area contributed by atoms with E-state index in [4.69, 9.17) is 37.0 Å². The largest absolute Gasteiger partial charge is 0.472 e. The van der Waals surface area contributed by atoms with Crippen LogP contribution in [0.4, 0.5) is 0 Å². The number of rotatable bonds is 76. The van der Waals surface area contributed by atoms with Gasteiger partial charge in [-0.15, -0.1) is 0 Å². The quantitative estimate of drug-likeness (QED) is 0.0222. The van der Waals surface area contributed by atoms with Crippen molar-refractivity contribution in [3.8, 4) is 0 Å². The van der Waals surface area contributed by atoms with Gasteiger partial charge in [-0.3, -0.25) is 37.3 Å². The number of hydrogen-bond donors (Lipinski definition) is 3. The topological polar surface area (TPSA) is 237 Å². The van der Waals surface area contributed by atoms with Gasteiger partial charge in [0.2, 0.25) is 0 Å². The lowest BCUT2D eigenvalue weighted by molar-refractivity contribution is -0.161. The van der Waals surface area contributed by atoms with Gasteiger partial charge in [-0.25, -0.2) is 9.13 Å². The van der Waals surface area contributed by atoms with Crippen LogP contribution >= 0.6 is 15.6 Å². The van der Waals surface area contributed by atoms with Crippen LogP contribution in [0.1, 0.15) is 401 Å². The van der Waals surface area contributed by atoms with Gasteiger partial charge in [0, 0.05) is 25.7 Å². The first kappa shape index (κ1) is 93.1. The molecule has 0 aromatic carbocycles. The second-order valence-corrected chi connectivity index (χ2v) is 30.8. The molecule has 0 aromatic rings. The Morgan fingerprint density at radius 3 is 0.716 bits per heavy atom. The van der Waals surface area contributed by atoms with Crippen LogP contribution in [0.2, 0.25) is 0 Å². The predicted octanol–water partition coefficient (Wildman–Crippen LogP) is 22.5. The SMILES string of the molecule is CCCCCCCCCCCCCCCCCCC(=O)O[C@H](COC(=O)CCCCCCCCCCCCCCCCC)COP(=O)(O)OC[C@@H](O)COP(=O)(O)OC[C@@H](COC(=O)CCCCCCCCCCCCC)OC(=O)CCCCCCCCCCCCC(C)C. The summed E-state index contributed by atoms with van der Waals surface area (Å²) in [4.78, 5) is 72.8. The van der Waals surface area contributed by atoms with Crippen LogP contribution in [-0.2, 0) is 65.4 Å². The Morgan fingerprint density at radius 1 is 0.284 bits per heavy atom. The molecule has 19 heteroatoms. The summed E-state index contributed by atoms with van der Waals surface area (Å²) in [5.41, 5.74) is 0. The highest BCUT2D eigenvalue weighted by molar-refractivity contribution is 7.47. The number of carbonyl (C=O) groups is 4. The van der Waals surface area contributed by atoms with Gasteiger partial charge in [-0.2, -0.15) is 0 Å². The molecular formula is C76H148O17P2. The number of phosphoric ester groups is 2. The second-order valence-electron chi connectivity index (χ2n) is 27.9. The molecule has 0 aromatic heterocycles. The first-order valence-corrected chi connectivity index (χ1v) is 42.6. The van der Waals surface area contributed by atoms with Crippen molar-refractivity contribution in [2.45, 2.75) is 419 Å². The fourth-order valence-corrected chi connectivity index (χ4v) is 13.3. The molecule has 2 unspecified atom stereocenters. The van der Waals surface area contributed by atoms with Crippen molar-refractivity contribution in [1.82, 2.24) is 0 Å². The summed E-state index contributed by atoms with van der Waals surface area (Å²) in [6, 6.07) is 0. The van der Waals surface area contributed by atoms with Gasteiger partial charge in [0.25, 0.3) is 0 Å². The normalized spacial score (nSPS) is 13.9. The van der Waals surface area contributed by atoms with E-state index in [0.717, 1.165) is 95.8 Å². The van der Waals surface area contributed by atoms with Gasteiger partial charge in [0.15, 0.2) is 12.2 Å². The van der Waals surface area contributed by atoms with Crippen molar-refractivity contribution >= 4 is 39.5 Å². The van der Waals surface area contributed by atoms with E-state index >= 15 is 0 Å². The molecule has 0 saturated carbocycles. The summed E-state index contributed by atoms with van der Waals surface area (Å²) in [6.45, 7) is 7.29. The Balaban J connectivity index is 5.25. The monoisotopic (exact) mass is 1400 g/mol. The minimum atomic E-state index is -4.96. The summed E-state index contributed by atoms with van der Waals surface area (Å²) in [5, 5.41) is 10.6. The smallest absolute Gasteiger partial charge is 0.462 e. The van der Waals surface area contributed by atoms with Gasteiger partial charge >= 0.3 is 39.5 Å². The van der Waals surface area contributed by atoms with Crippen LogP contribution in [0.3, 0.4) is 0 Å². The molecule has 0 saturated heterocycles. The number of carbonyl (C=O) groups excluding carboxylic acids is 4. The zero-order valence-electron chi connectivity index (χ0n) is 61.8. The molecule has 0 aliphatic heterocycles. The Bertz CT molecular complexity index is 1820. The molecule has 564 valence electrons. The van der Waals surface area contributed by atoms with Gasteiger partial charge in [-0.05, 0) is 31.6 Å². The Kier molecular flexibility index (Phi) is 67.7. The van der Waals surface area contributed by atoms with Crippen molar-refractivity contribution in [2.75, 3.05) is 39.6 Å². The molecule has 0 amide bonds. The third-order valence-electron chi connectivity index (χ3n) is 17.8. The average Bonchev–Trinajstić information content (AvgIpc) is 3.22. The van der Waals surface area contributed by atoms with E-state index in [1.165, 1.54) is 225 Å². The van der Waals surface area contributed by atoms with Crippen molar-refractivity contribution in [3.05, 3.63) is 0 Å². The highest BCUT2D eigenvalue weighted by Crippen LogP contribution is 2.45. The summed E-state index contributed by atoms with van der Waals surface area (Å²) in [6.07, 6.45) is 58.1. The average molecular weight is 1400 g/mol. The number of aliphatic hydroxyl groups is 1. The Labute approximate surface area is 581 Å². The molecule has 0 rings (SSSR count). The molecule has 0 aliphatic carbocycles. The minimum absolute atomic E-state index is 0.107. The van der Waals surface area contributed by atoms with Crippen LogP contribution in [0.5, 0.6) is 0 Å². The van der Waals surface area contributed by atoms with Crippen LogP contribution in [-0.4, -0.2) is 96.7 Å².